The number of ether oxygens (including phenoxy) is 1. The lowest BCUT2D eigenvalue weighted by molar-refractivity contribution is -0.113. The zero-order valence-corrected chi connectivity index (χ0v) is 18.1. The van der Waals surface area contributed by atoms with Crippen LogP contribution in [0.2, 0.25) is 10.0 Å². The SMILES string of the molecule is Cc1cccc(N2C(=O)/C(=C\c3ccc(COc4c(Cl)cccc4Cl)o3)NC2=S)c1. The van der Waals surface area contributed by atoms with Gasteiger partial charge in [0.2, 0.25) is 0 Å². The fraction of sp³-hybridized carbons (Fsp3) is 0.0909. The normalized spacial score (nSPS) is 15.0. The number of para-hydroxylation sites is 1. The van der Waals surface area contributed by atoms with Gasteiger partial charge in [0, 0.05) is 6.08 Å². The van der Waals surface area contributed by atoms with Crippen molar-refractivity contribution in [1.29, 1.82) is 0 Å². The monoisotopic (exact) mass is 458 g/mol. The molecule has 0 spiro atoms. The number of amides is 1. The average Bonchev–Trinajstić information content (AvgIpc) is 3.25. The van der Waals surface area contributed by atoms with Gasteiger partial charge in [0.05, 0.1) is 15.7 Å². The van der Waals surface area contributed by atoms with E-state index in [1.54, 1.807) is 36.4 Å². The molecule has 5 nitrogen and oxygen atoms in total. The molecule has 2 heterocycles. The van der Waals surface area contributed by atoms with Crippen molar-refractivity contribution in [2.24, 2.45) is 0 Å². The fourth-order valence-electron chi connectivity index (χ4n) is 2.99. The Hall–Kier alpha value is -2.80. The maximum atomic E-state index is 12.8. The summed E-state index contributed by atoms with van der Waals surface area (Å²) in [6.45, 7) is 2.10. The predicted octanol–water partition coefficient (Wildman–Crippen LogP) is 5.74. The summed E-state index contributed by atoms with van der Waals surface area (Å²) in [5.41, 5.74) is 2.08. The molecule has 1 aliphatic heterocycles. The van der Waals surface area contributed by atoms with Crippen molar-refractivity contribution < 1.29 is 13.9 Å². The van der Waals surface area contributed by atoms with Crippen molar-refractivity contribution in [3.8, 4) is 5.75 Å². The minimum atomic E-state index is -0.248. The molecule has 1 N–H and O–H groups in total. The topological polar surface area (TPSA) is 54.7 Å². The number of hydrogen-bond donors (Lipinski definition) is 1. The summed E-state index contributed by atoms with van der Waals surface area (Å²) in [6, 6.07) is 16.2. The maximum absolute atomic E-state index is 12.8. The summed E-state index contributed by atoms with van der Waals surface area (Å²) in [5, 5.41) is 4.10. The Balaban J connectivity index is 1.49. The number of nitrogens with one attached hydrogen (secondary N) is 1. The number of furan rings is 1. The van der Waals surface area contributed by atoms with E-state index in [9.17, 15) is 4.79 Å². The molecule has 1 fully saturated rings. The summed E-state index contributed by atoms with van der Waals surface area (Å²) in [7, 11) is 0. The first-order chi connectivity index (χ1) is 14.4. The number of rotatable bonds is 5. The number of halogens is 2. The molecule has 0 aliphatic carbocycles. The third-order valence-corrected chi connectivity index (χ3v) is 5.26. The number of hydrogen-bond acceptors (Lipinski definition) is 4. The van der Waals surface area contributed by atoms with Crippen molar-refractivity contribution in [3.63, 3.8) is 0 Å². The van der Waals surface area contributed by atoms with Gasteiger partial charge < -0.3 is 14.5 Å². The van der Waals surface area contributed by atoms with Gasteiger partial charge >= 0.3 is 0 Å². The third-order valence-electron chi connectivity index (χ3n) is 4.38. The van der Waals surface area contributed by atoms with Crippen LogP contribution in [0.3, 0.4) is 0 Å². The zero-order valence-electron chi connectivity index (χ0n) is 15.8. The lowest BCUT2D eigenvalue weighted by atomic mass is 10.2. The Morgan fingerprint density at radius 1 is 1.13 bits per heavy atom. The Morgan fingerprint density at radius 3 is 2.60 bits per heavy atom. The molecule has 30 heavy (non-hydrogen) atoms. The molecule has 1 amide bonds. The van der Waals surface area contributed by atoms with Gasteiger partial charge in [-0.1, -0.05) is 41.4 Å². The number of aryl methyl sites for hydroxylation is 1. The van der Waals surface area contributed by atoms with Gasteiger partial charge in [-0.05, 0) is 61.1 Å². The number of anilines is 1. The molecule has 2 aromatic carbocycles. The standard InChI is InChI=1S/C22H16Cl2N2O3S/c1-13-4-2-5-14(10-13)26-21(27)19(25-22(26)30)11-15-8-9-16(29-15)12-28-20-17(23)6-3-7-18(20)24/h2-11H,12H2,1H3,(H,25,30)/b19-11+. The summed E-state index contributed by atoms with van der Waals surface area (Å²) in [5.74, 6) is 1.19. The zero-order chi connectivity index (χ0) is 21.3. The van der Waals surface area contributed by atoms with Crippen LogP contribution in [0.4, 0.5) is 5.69 Å². The maximum Gasteiger partial charge on any atom is 0.281 e. The largest absolute Gasteiger partial charge is 0.483 e. The van der Waals surface area contributed by atoms with Crippen LogP contribution >= 0.6 is 35.4 Å². The van der Waals surface area contributed by atoms with Gasteiger partial charge in [-0.2, -0.15) is 0 Å². The Kier molecular flexibility index (Phi) is 5.81. The number of nitrogens with zero attached hydrogens (tertiary/aromatic N) is 1. The van der Waals surface area contributed by atoms with E-state index < -0.39 is 0 Å². The summed E-state index contributed by atoms with van der Waals surface area (Å²) in [4.78, 5) is 14.3. The molecule has 0 unspecified atom stereocenters. The van der Waals surface area contributed by atoms with E-state index in [4.69, 9.17) is 44.6 Å². The highest BCUT2D eigenvalue weighted by molar-refractivity contribution is 7.80. The molecule has 152 valence electrons. The highest BCUT2D eigenvalue weighted by Gasteiger charge is 2.32. The highest BCUT2D eigenvalue weighted by Crippen LogP contribution is 2.33. The van der Waals surface area contributed by atoms with Gasteiger partial charge in [-0.15, -0.1) is 0 Å². The van der Waals surface area contributed by atoms with E-state index in [-0.39, 0.29) is 12.5 Å². The quantitative estimate of drug-likeness (QED) is 0.390. The van der Waals surface area contributed by atoms with Gasteiger partial charge in [0.1, 0.15) is 23.8 Å². The van der Waals surface area contributed by atoms with Crippen molar-refractivity contribution in [2.45, 2.75) is 13.5 Å². The van der Waals surface area contributed by atoms with Crippen LogP contribution in [0.1, 0.15) is 17.1 Å². The second-order valence-corrected chi connectivity index (χ2v) is 7.81. The summed E-state index contributed by atoms with van der Waals surface area (Å²) in [6.07, 6.45) is 1.61. The molecule has 1 aliphatic rings. The van der Waals surface area contributed by atoms with Crippen molar-refractivity contribution in [1.82, 2.24) is 5.32 Å². The van der Waals surface area contributed by atoms with Gasteiger partial charge in [-0.25, -0.2) is 0 Å². The second-order valence-electron chi connectivity index (χ2n) is 6.61. The molecule has 0 bridgehead atoms. The minimum absolute atomic E-state index is 0.141. The molecular weight excluding hydrogens is 443 g/mol. The van der Waals surface area contributed by atoms with E-state index >= 15 is 0 Å². The molecule has 1 aromatic heterocycles. The van der Waals surface area contributed by atoms with E-state index in [0.29, 0.717) is 43.8 Å². The fourth-order valence-corrected chi connectivity index (χ4v) is 3.80. The second kappa shape index (κ2) is 8.52. The Labute approximate surface area is 188 Å². The van der Waals surface area contributed by atoms with E-state index in [2.05, 4.69) is 5.32 Å². The first-order valence-corrected chi connectivity index (χ1v) is 10.2. The van der Waals surface area contributed by atoms with Gasteiger partial charge in [0.15, 0.2) is 10.9 Å². The number of carbonyl (C=O) groups is 1. The van der Waals surface area contributed by atoms with Crippen molar-refractivity contribution >= 4 is 58.2 Å². The first kappa shape index (κ1) is 20.5. The number of benzene rings is 2. The first-order valence-electron chi connectivity index (χ1n) is 9.02. The molecule has 3 aromatic rings. The van der Waals surface area contributed by atoms with Crippen LogP contribution in [0.5, 0.6) is 5.75 Å². The van der Waals surface area contributed by atoms with Crippen LogP contribution in [-0.4, -0.2) is 11.0 Å². The molecule has 0 atom stereocenters. The molecule has 1 saturated heterocycles. The molecule has 0 radical (unpaired) electrons. The lowest BCUT2D eigenvalue weighted by Crippen LogP contribution is -2.30. The summed E-state index contributed by atoms with van der Waals surface area (Å²) >= 11 is 17.6. The van der Waals surface area contributed by atoms with Crippen LogP contribution < -0.4 is 15.0 Å². The van der Waals surface area contributed by atoms with E-state index in [1.165, 1.54) is 4.90 Å². The summed E-state index contributed by atoms with van der Waals surface area (Å²) < 4.78 is 11.4. The Bertz CT molecular complexity index is 1150. The van der Waals surface area contributed by atoms with Crippen LogP contribution in [0.15, 0.2) is 64.7 Å². The van der Waals surface area contributed by atoms with Crippen LogP contribution in [0, 0.1) is 6.92 Å². The van der Waals surface area contributed by atoms with Gasteiger partial charge in [0.25, 0.3) is 5.91 Å². The highest BCUT2D eigenvalue weighted by atomic mass is 35.5. The number of thiocarbonyl (C=S) groups is 1. The van der Waals surface area contributed by atoms with Crippen molar-refractivity contribution in [2.75, 3.05) is 4.90 Å². The predicted molar refractivity (Wildman–Crippen MR) is 122 cm³/mol. The molecule has 8 heteroatoms. The van der Waals surface area contributed by atoms with Crippen molar-refractivity contribution in [3.05, 3.63) is 87.4 Å². The lowest BCUT2D eigenvalue weighted by Gasteiger charge is -2.14. The average molecular weight is 459 g/mol. The number of carbonyl (C=O) groups excluding carboxylic acids is 1. The minimum Gasteiger partial charge on any atom is -0.483 e. The third kappa shape index (κ3) is 4.21. The van der Waals surface area contributed by atoms with E-state index in [0.717, 1.165) is 5.56 Å². The van der Waals surface area contributed by atoms with Crippen LogP contribution in [0.25, 0.3) is 6.08 Å². The van der Waals surface area contributed by atoms with Gasteiger partial charge in [-0.3, -0.25) is 9.69 Å². The molecule has 0 saturated carbocycles. The molecular formula is C22H16Cl2N2O3S. The molecule has 4 rings (SSSR count). The van der Waals surface area contributed by atoms with E-state index in [1.807, 2.05) is 31.2 Å². The Morgan fingerprint density at radius 2 is 1.87 bits per heavy atom. The van der Waals surface area contributed by atoms with Crippen LogP contribution in [-0.2, 0) is 11.4 Å². The smallest absolute Gasteiger partial charge is 0.281 e.